The Balaban J connectivity index is 2.18. The van der Waals surface area contributed by atoms with Crippen molar-refractivity contribution in [3.8, 4) is 0 Å². The molecule has 1 unspecified atom stereocenters. The SMILES string of the molecule is CC(C)(CC(=O)N1CCCC1c1ccccc1Cl)C(=O)O. The van der Waals surface area contributed by atoms with Crippen LogP contribution in [0.3, 0.4) is 0 Å². The highest BCUT2D eigenvalue weighted by atomic mass is 35.5. The molecule has 1 aromatic carbocycles. The van der Waals surface area contributed by atoms with Crippen LogP contribution in [0.2, 0.25) is 5.02 Å². The predicted octanol–water partition coefficient (Wildman–Crippen LogP) is 3.50. The topological polar surface area (TPSA) is 57.6 Å². The van der Waals surface area contributed by atoms with E-state index in [0.717, 1.165) is 18.4 Å². The van der Waals surface area contributed by atoms with Gasteiger partial charge in [-0.05, 0) is 38.3 Å². The number of hydrogen-bond donors (Lipinski definition) is 1. The van der Waals surface area contributed by atoms with E-state index in [1.807, 2.05) is 24.3 Å². The number of benzene rings is 1. The van der Waals surface area contributed by atoms with E-state index in [-0.39, 0.29) is 18.4 Å². The smallest absolute Gasteiger partial charge is 0.309 e. The number of amides is 1. The summed E-state index contributed by atoms with van der Waals surface area (Å²) in [7, 11) is 0. The fourth-order valence-electron chi connectivity index (χ4n) is 2.69. The molecule has 0 bridgehead atoms. The summed E-state index contributed by atoms with van der Waals surface area (Å²) in [6, 6.07) is 7.47. The summed E-state index contributed by atoms with van der Waals surface area (Å²) in [6.07, 6.45) is 1.78. The molecule has 1 N–H and O–H groups in total. The van der Waals surface area contributed by atoms with Crippen molar-refractivity contribution < 1.29 is 14.7 Å². The van der Waals surface area contributed by atoms with Crippen molar-refractivity contribution in [2.45, 2.75) is 39.2 Å². The molecule has 1 heterocycles. The normalized spacial score (nSPS) is 18.8. The van der Waals surface area contributed by atoms with Crippen LogP contribution in [-0.2, 0) is 9.59 Å². The second-order valence-electron chi connectivity index (χ2n) is 6.13. The quantitative estimate of drug-likeness (QED) is 0.926. The Bertz CT molecular complexity index is 556. The Morgan fingerprint density at radius 3 is 2.67 bits per heavy atom. The zero-order valence-electron chi connectivity index (χ0n) is 12.3. The summed E-state index contributed by atoms with van der Waals surface area (Å²) in [6.45, 7) is 3.81. The van der Waals surface area contributed by atoms with Crippen molar-refractivity contribution in [2.75, 3.05) is 6.54 Å². The number of likely N-dealkylation sites (tertiary alicyclic amines) is 1. The minimum absolute atomic E-state index is 0.00326. The minimum atomic E-state index is -1.05. The highest BCUT2D eigenvalue weighted by Gasteiger charge is 2.36. The summed E-state index contributed by atoms with van der Waals surface area (Å²) in [4.78, 5) is 25.4. The first-order chi connectivity index (χ1) is 9.83. The van der Waals surface area contributed by atoms with Crippen LogP contribution in [0.4, 0.5) is 0 Å². The Hall–Kier alpha value is -1.55. The van der Waals surface area contributed by atoms with Crippen LogP contribution in [0.25, 0.3) is 0 Å². The van der Waals surface area contributed by atoms with E-state index in [1.54, 1.807) is 18.7 Å². The van der Waals surface area contributed by atoms with E-state index < -0.39 is 11.4 Å². The maximum atomic E-state index is 12.5. The van der Waals surface area contributed by atoms with E-state index >= 15 is 0 Å². The maximum Gasteiger partial charge on any atom is 0.309 e. The van der Waals surface area contributed by atoms with Gasteiger partial charge in [0.15, 0.2) is 0 Å². The van der Waals surface area contributed by atoms with E-state index in [1.165, 1.54) is 0 Å². The lowest BCUT2D eigenvalue weighted by molar-refractivity contribution is -0.151. The van der Waals surface area contributed by atoms with E-state index in [2.05, 4.69) is 0 Å². The molecule has 1 fully saturated rings. The number of halogens is 1. The van der Waals surface area contributed by atoms with Crippen LogP contribution in [0.5, 0.6) is 0 Å². The van der Waals surface area contributed by atoms with Gasteiger partial charge in [0.25, 0.3) is 0 Å². The third-order valence-electron chi connectivity index (χ3n) is 4.01. The molecule has 21 heavy (non-hydrogen) atoms. The van der Waals surface area contributed by atoms with Gasteiger partial charge in [-0.2, -0.15) is 0 Å². The number of nitrogens with zero attached hydrogens (tertiary/aromatic N) is 1. The first kappa shape index (κ1) is 15.8. The second-order valence-corrected chi connectivity index (χ2v) is 6.54. The molecule has 0 aliphatic carbocycles. The van der Waals surface area contributed by atoms with Gasteiger partial charge in [-0.3, -0.25) is 9.59 Å². The summed E-state index contributed by atoms with van der Waals surface area (Å²) in [5, 5.41) is 9.82. The van der Waals surface area contributed by atoms with Crippen LogP contribution in [0.15, 0.2) is 24.3 Å². The van der Waals surface area contributed by atoms with Crippen molar-refractivity contribution in [3.05, 3.63) is 34.9 Å². The maximum absolute atomic E-state index is 12.5. The Kier molecular flexibility index (Phi) is 4.57. The highest BCUT2D eigenvalue weighted by molar-refractivity contribution is 6.31. The van der Waals surface area contributed by atoms with Gasteiger partial charge < -0.3 is 10.0 Å². The van der Waals surface area contributed by atoms with Gasteiger partial charge in [0.1, 0.15) is 0 Å². The predicted molar refractivity (Wildman–Crippen MR) is 81.2 cm³/mol. The van der Waals surface area contributed by atoms with Crippen molar-refractivity contribution in [1.82, 2.24) is 4.90 Å². The molecule has 4 nitrogen and oxygen atoms in total. The molecule has 0 radical (unpaired) electrons. The highest BCUT2D eigenvalue weighted by Crippen LogP contribution is 2.37. The lowest BCUT2D eigenvalue weighted by Gasteiger charge is -2.28. The second kappa shape index (κ2) is 6.06. The first-order valence-corrected chi connectivity index (χ1v) is 7.48. The number of carboxylic acid groups (broad SMARTS) is 1. The van der Waals surface area contributed by atoms with Crippen LogP contribution in [0.1, 0.15) is 44.7 Å². The molecule has 1 saturated heterocycles. The zero-order valence-corrected chi connectivity index (χ0v) is 13.1. The molecular weight excluding hydrogens is 290 g/mol. The molecule has 0 aromatic heterocycles. The number of aliphatic carboxylic acids is 1. The number of rotatable bonds is 4. The average Bonchev–Trinajstić information content (AvgIpc) is 2.87. The molecule has 1 aliphatic rings. The molecular formula is C16H20ClNO3. The molecule has 114 valence electrons. The molecule has 0 spiro atoms. The van der Waals surface area contributed by atoms with Crippen molar-refractivity contribution in [2.24, 2.45) is 5.41 Å². The van der Waals surface area contributed by atoms with Crippen LogP contribution >= 0.6 is 11.6 Å². The van der Waals surface area contributed by atoms with Crippen molar-refractivity contribution >= 4 is 23.5 Å². The summed E-state index contributed by atoms with van der Waals surface area (Å²) in [5.41, 5.74) is -0.108. The van der Waals surface area contributed by atoms with Crippen LogP contribution in [0, 0.1) is 5.41 Å². The molecule has 2 rings (SSSR count). The lowest BCUT2D eigenvalue weighted by atomic mass is 9.88. The molecule has 1 atom stereocenters. The molecule has 1 aromatic rings. The third-order valence-corrected chi connectivity index (χ3v) is 4.35. The van der Waals surface area contributed by atoms with Gasteiger partial charge in [0.2, 0.25) is 5.91 Å². The number of hydrogen-bond acceptors (Lipinski definition) is 2. The van der Waals surface area contributed by atoms with Gasteiger partial charge >= 0.3 is 5.97 Å². The summed E-state index contributed by atoms with van der Waals surface area (Å²) in [5.74, 6) is -1.07. The van der Waals surface area contributed by atoms with Crippen molar-refractivity contribution in [1.29, 1.82) is 0 Å². The first-order valence-electron chi connectivity index (χ1n) is 7.10. The Labute approximate surface area is 129 Å². The number of carboxylic acids is 1. The van der Waals surface area contributed by atoms with Gasteiger partial charge in [0, 0.05) is 18.0 Å². The third kappa shape index (κ3) is 3.38. The van der Waals surface area contributed by atoms with E-state index in [9.17, 15) is 9.59 Å². The largest absolute Gasteiger partial charge is 0.481 e. The summed E-state index contributed by atoms with van der Waals surface area (Å²) >= 11 is 6.23. The number of carbonyl (C=O) groups is 2. The lowest BCUT2D eigenvalue weighted by Crippen LogP contribution is -2.36. The molecule has 0 saturated carbocycles. The minimum Gasteiger partial charge on any atom is -0.481 e. The standard InChI is InChI=1S/C16H20ClNO3/c1-16(2,15(20)21)10-14(19)18-9-5-8-13(18)11-6-3-4-7-12(11)17/h3-4,6-7,13H,5,8-10H2,1-2H3,(H,20,21). The van der Waals surface area contributed by atoms with Gasteiger partial charge in [0.05, 0.1) is 11.5 Å². The molecule has 5 heteroatoms. The Morgan fingerprint density at radius 2 is 2.05 bits per heavy atom. The van der Waals surface area contributed by atoms with Gasteiger partial charge in [-0.15, -0.1) is 0 Å². The van der Waals surface area contributed by atoms with Gasteiger partial charge in [-0.25, -0.2) is 0 Å². The van der Waals surface area contributed by atoms with E-state index in [4.69, 9.17) is 16.7 Å². The zero-order chi connectivity index (χ0) is 15.6. The molecule has 1 aliphatic heterocycles. The van der Waals surface area contributed by atoms with E-state index in [0.29, 0.717) is 11.6 Å². The Morgan fingerprint density at radius 1 is 1.38 bits per heavy atom. The fraction of sp³-hybridized carbons (Fsp3) is 0.500. The fourth-order valence-corrected chi connectivity index (χ4v) is 2.95. The van der Waals surface area contributed by atoms with Crippen LogP contribution in [-0.4, -0.2) is 28.4 Å². The monoisotopic (exact) mass is 309 g/mol. The molecule has 1 amide bonds. The van der Waals surface area contributed by atoms with Crippen LogP contribution < -0.4 is 0 Å². The number of carbonyl (C=O) groups excluding carboxylic acids is 1. The summed E-state index contributed by atoms with van der Waals surface area (Å²) < 4.78 is 0. The van der Waals surface area contributed by atoms with Crippen molar-refractivity contribution in [3.63, 3.8) is 0 Å². The average molecular weight is 310 g/mol. The van der Waals surface area contributed by atoms with Gasteiger partial charge in [-0.1, -0.05) is 29.8 Å².